The summed E-state index contributed by atoms with van der Waals surface area (Å²) in [6, 6.07) is 4.49. The maximum atomic E-state index is 11.5. The number of esters is 1. The summed E-state index contributed by atoms with van der Waals surface area (Å²) in [5.41, 5.74) is 6.40. The number of hydrogen-bond acceptors (Lipinski definition) is 4. The van der Waals surface area contributed by atoms with Crippen LogP contribution in [-0.2, 0) is 9.53 Å². The van der Waals surface area contributed by atoms with E-state index in [0.29, 0.717) is 17.9 Å². The second-order valence-electron chi connectivity index (χ2n) is 3.12. The van der Waals surface area contributed by atoms with Crippen molar-refractivity contribution in [1.29, 1.82) is 0 Å². The first-order valence-corrected chi connectivity index (χ1v) is 5.65. The van der Waals surface area contributed by atoms with Gasteiger partial charge in [0.25, 0.3) is 0 Å². The van der Waals surface area contributed by atoms with Gasteiger partial charge in [-0.05, 0) is 25.1 Å². The first-order valence-electron chi connectivity index (χ1n) is 4.85. The lowest BCUT2D eigenvalue weighted by Crippen LogP contribution is -2.24. The number of rotatable bonds is 4. The SMILES string of the molecule is CCOC(=O)C(N)c1cc(Br)ccc1OC.Cl. The molecule has 0 heterocycles. The standard InChI is InChI=1S/C11H14BrNO3.ClH/c1-3-16-11(14)10(13)8-6-7(12)4-5-9(8)15-2;/h4-6,10H,3,13H2,1-2H3;1H. The highest BCUT2D eigenvalue weighted by molar-refractivity contribution is 9.10. The summed E-state index contributed by atoms with van der Waals surface area (Å²) in [6.45, 7) is 2.05. The molecular weight excluding hydrogens is 309 g/mol. The number of benzene rings is 1. The Balaban J connectivity index is 0.00000256. The van der Waals surface area contributed by atoms with Crippen LogP contribution in [0.3, 0.4) is 0 Å². The van der Waals surface area contributed by atoms with Gasteiger partial charge in [0.15, 0.2) is 0 Å². The Hall–Kier alpha value is -0.780. The summed E-state index contributed by atoms with van der Waals surface area (Å²) in [6.07, 6.45) is 0. The highest BCUT2D eigenvalue weighted by Gasteiger charge is 2.21. The molecule has 1 aromatic rings. The predicted octanol–water partition coefficient (Wildman–Crippen LogP) is 2.44. The van der Waals surface area contributed by atoms with E-state index in [9.17, 15) is 4.79 Å². The van der Waals surface area contributed by atoms with E-state index in [-0.39, 0.29) is 12.4 Å². The summed E-state index contributed by atoms with van der Waals surface area (Å²) < 4.78 is 10.8. The van der Waals surface area contributed by atoms with Gasteiger partial charge < -0.3 is 15.2 Å². The topological polar surface area (TPSA) is 61.5 Å². The van der Waals surface area contributed by atoms with E-state index < -0.39 is 12.0 Å². The highest BCUT2D eigenvalue weighted by Crippen LogP contribution is 2.27. The number of ether oxygens (including phenoxy) is 2. The zero-order chi connectivity index (χ0) is 12.1. The van der Waals surface area contributed by atoms with Gasteiger partial charge in [0, 0.05) is 10.0 Å². The minimum atomic E-state index is -0.826. The fourth-order valence-electron chi connectivity index (χ4n) is 1.31. The van der Waals surface area contributed by atoms with Crippen molar-refractivity contribution < 1.29 is 14.3 Å². The van der Waals surface area contributed by atoms with Crippen LogP contribution in [0.1, 0.15) is 18.5 Å². The second kappa shape index (κ2) is 7.53. The van der Waals surface area contributed by atoms with Crippen molar-refractivity contribution in [3.8, 4) is 5.75 Å². The maximum absolute atomic E-state index is 11.5. The van der Waals surface area contributed by atoms with Gasteiger partial charge in [-0.15, -0.1) is 12.4 Å². The normalized spacial score (nSPS) is 11.3. The highest BCUT2D eigenvalue weighted by atomic mass is 79.9. The summed E-state index contributed by atoms with van der Waals surface area (Å²) in [5.74, 6) is 0.114. The van der Waals surface area contributed by atoms with Crippen molar-refractivity contribution in [2.24, 2.45) is 5.73 Å². The lowest BCUT2D eigenvalue weighted by atomic mass is 10.1. The minimum absolute atomic E-state index is 0. The second-order valence-corrected chi connectivity index (χ2v) is 4.03. The lowest BCUT2D eigenvalue weighted by molar-refractivity contribution is -0.144. The third-order valence-electron chi connectivity index (χ3n) is 2.07. The fraction of sp³-hybridized carbons (Fsp3) is 0.364. The summed E-state index contributed by atoms with van der Waals surface area (Å²) in [7, 11) is 1.53. The van der Waals surface area contributed by atoms with E-state index >= 15 is 0 Å². The van der Waals surface area contributed by atoms with Crippen molar-refractivity contribution in [1.82, 2.24) is 0 Å². The molecule has 0 aromatic heterocycles. The van der Waals surface area contributed by atoms with E-state index in [2.05, 4.69) is 15.9 Å². The Labute approximate surface area is 115 Å². The van der Waals surface area contributed by atoms with E-state index in [1.165, 1.54) is 7.11 Å². The molecule has 96 valence electrons. The molecule has 6 heteroatoms. The predicted molar refractivity (Wildman–Crippen MR) is 71.5 cm³/mol. The van der Waals surface area contributed by atoms with Crippen LogP contribution >= 0.6 is 28.3 Å². The van der Waals surface area contributed by atoms with Crippen molar-refractivity contribution in [3.63, 3.8) is 0 Å². The van der Waals surface area contributed by atoms with Crippen LogP contribution < -0.4 is 10.5 Å². The van der Waals surface area contributed by atoms with E-state index in [1.807, 2.05) is 6.07 Å². The number of carbonyl (C=O) groups excluding carboxylic acids is 1. The maximum Gasteiger partial charge on any atom is 0.327 e. The molecule has 1 unspecified atom stereocenters. The van der Waals surface area contributed by atoms with Gasteiger partial charge in [-0.1, -0.05) is 15.9 Å². The molecule has 0 aliphatic rings. The van der Waals surface area contributed by atoms with Crippen molar-refractivity contribution >= 4 is 34.3 Å². The quantitative estimate of drug-likeness (QED) is 0.864. The molecule has 0 amide bonds. The van der Waals surface area contributed by atoms with Gasteiger partial charge in [-0.2, -0.15) is 0 Å². The Bertz CT molecular complexity index is 387. The smallest absolute Gasteiger partial charge is 0.327 e. The Morgan fingerprint density at radius 2 is 2.18 bits per heavy atom. The lowest BCUT2D eigenvalue weighted by Gasteiger charge is -2.14. The third kappa shape index (κ3) is 4.18. The largest absolute Gasteiger partial charge is 0.496 e. The molecule has 0 fully saturated rings. The fourth-order valence-corrected chi connectivity index (χ4v) is 1.69. The Kier molecular flexibility index (Phi) is 7.18. The Morgan fingerprint density at radius 1 is 1.53 bits per heavy atom. The van der Waals surface area contributed by atoms with Crippen molar-refractivity contribution in [2.75, 3.05) is 13.7 Å². The van der Waals surface area contributed by atoms with Crippen LogP contribution in [0.15, 0.2) is 22.7 Å². The Morgan fingerprint density at radius 3 is 2.71 bits per heavy atom. The van der Waals surface area contributed by atoms with Gasteiger partial charge >= 0.3 is 5.97 Å². The third-order valence-corrected chi connectivity index (χ3v) is 2.56. The molecule has 0 saturated heterocycles. The van der Waals surface area contributed by atoms with Crippen molar-refractivity contribution in [2.45, 2.75) is 13.0 Å². The zero-order valence-electron chi connectivity index (χ0n) is 9.60. The molecule has 0 spiro atoms. The molecule has 2 N–H and O–H groups in total. The molecule has 0 aliphatic heterocycles. The molecule has 0 bridgehead atoms. The van der Waals surface area contributed by atoms with E-state index in [1.54, 1.807) is 19.1 Å². The van der Waals surface area contributed by atoms with Crippen LogP contribution in [0.2, 0.25) is 0 Å². The van der Waals surface area contributed by atoms with Gasteiger partial charge in [0.2, 0.25) is 0 Å². The summed E-state index contributed by atoms with van der Waals surface area (Å²) >= 11 is 3.32. The van der Waals surface area contributed by atoms with Gasteiger partial charge in [-0.25, -0.2) is 4.79 Å². The molecule has 0 saturated carbocycles. The van der Waals surface area contributed by atoms with Crippen molar-refractivity contribution in [3.05, 3.63) is 28.2 Å². The zero-order valence-corrected chi connectivity index (χ0v) is 12.0. The van der Waals surface area contributed by atoms with Crippen LogP contribution in [0.4, 0.5) is 0 Å². The average molecular weight is 325 g/mol. The van der Waals surface area contributed by atoms with Crippen LogP contribution in [0.25, 0.3) is 0 Å². The van der Waals surface area contributed by atoms with Gasteiger partial charge in [-0.3, -0.25) is 0 Å². The van der Waals surface area contributed by atoms with E-state index in [0.717, 1.165) is 4.47 Å². The molecule has 0 aliphatic carbocycles. The monoisotopic (exact) mass is 323 g/mol. The van der Waals surface area contributed by atoms with Gasteiger partial charge in [0.05, 0.1) is 13.7 Å². The first-order chi connectivity index (χ1) is 7.60. The number of methoxy groups -OCH3 is 1. The molecule has 1 rings (SSSR count). The number of carbonyl (C=O) groups is 1. The molecule has 17 heavy (non-hydrogen) atoms. The molecule has 0 radical (unpaired) electrons. The number of nitrogens with two attached hydrogens (primary N) is 1. The van der Waals surface area contributed by atoms with Crippen LogP contribution in [0.5, 0.6) is 5.75 Å². The minimum Gasteiger partial charge on any atom is -0.496 e. The van der Waals surface area contributed by atoms with Crippen LogP contribution in [0, 0.1) is 0 Å². The number of halogens is 2. The summed E-state index contributed by atoms with van der Waals surface area (Å²) in [5, 5.41) is 0. The average Bonchev–Trinajstić information content (AvgIpc) is 2.28. The number of hydrogen-bond donors (Lipinski definition) is 1. The van der Waals surface area contributed by atoms with Gasteiger partial charge in [0.1, 0.15) is 11.8 Å². The molecule has 1 aromatic carbocycles. The van der Waals surface area contributed by atoms with E-state index in [4.69, 9.17) is 15.2 Å². The first kappa shape index (κ1) is 16.2. The molecular formula is C11H15BrClNO3. The molecule has 4 nitrogen and oxygen atoms in total. The van der Waals surface area contributed by atoms with Crippen LogP contribution in [-0.4, -0.2) is 19.7 Å². The summed E-state index contributed by atoms with van der Waals surface area (Å²) in [4.78, 5) is 11.5. The molecule has 1 atom stereocenters.